The van der Waals surface area contributed by atoms with Crippen molar-refractivity contribution >= 4 is 16.9 Å². The minimum Gasteiger partial charge on any atom is -0.336 e. The summed E-state index contributed by atoms with van der Waals surface area (Å²) in [5, 5.41) is 0. The lowest BCUT2D eigenvalue weighted by atomic mass is 10.1. The van der Waals surface area contributed by atoms with Gasteiger partial charge in [-0.25, -0.2) is 0 Å². The highest BCUT2D eigenvalue weighted by atomic mass is 16.2. The molecule has 1 saturated carbocycles. The van der Waals surface area contributed by atoms with Gasteiger partial charge in [0, 0.05) is 24.7 Å². The topological polar surface area (TPSA) is 75.2 Å². The molecule has 1 fully saturated rings. The Morgan fingerprint density at radius 1 is 1.33 bits per heavy atom. The van der Waals surface area contributed by atoms with Gasteiger partial charge < -0.3 is 14.5 Å². The summed E-state index contributed by atoms with van der Waals surface area (Å²) in [6.45, 7) is 7.03. The Balaban J connectivity index is 2.03. The highest BCUT2D eigenvalue weighted by molar-refractivity contribution is 5.97. The molecular formula is C18H23N3O3. The zero-order valence-electron chi connectivity index (χ0n) is 14.3. The van der Waals surface area contributed by atoms with Crippen molar-refractivity contribution in [2.24, 2.45) is 5.92 Å². The maximum Gasteiger partial charge on any atom is 0.316 e. The molecule has 1 amide bonds. The minimum atomic E-state index is -0.660. The number of hydrogen-bond acceptors (Lipinski definition) is 3. The summed E-state index contributed by atoms with van der Waals surface area (Å²) in [4.78, 5) is 41.0. The average molecular weight is 329 g/mol. The average Bonchev–Trinajstić information content (AvgIpc) is 3.36. The number of aromatic nitrogens is 2. The molecule has 1 aromatic heterocycles. The van der Waals surface area contributed by atoms with E-state index in [4.69, 9.17) is 0 Å². The van der Waals surface area contributed by atoms with Gasteiger partial charge in [0.05, 0.1) is 11.0 Å². The molecule has 24 heavy (non-hydrogen) atoms. The first-order chi connectivity index (χ1) is 11.4. The molecule has 6 nitrogen and oxygen atoms in total. The van der Waals surface area contributed by atoms with E-state index < -0.39 is 11.1 Å². The molecule has 0 radical (unpaired) electrons. The van der Waals surface area contributed by atoms with E-state index in [0.717, 1.165) is 6.54 Å². The number of aryl methyl sites for hydroxylation is 1. The number of amides is 1. The Labute approximate surface area is 140 Å². The third-order valence-corrected chi connectivity index (χ3v) is 4.57. The fraction of sp³-hybridized carbons (Fsp3) is 0.500. The molecule has 1 aliphatic carbocycles. The Bertz CT molecular complexity index is 890. The number of aromatic amines is 1. The number of carbonyl (C=O) groups excluding carboxylic acids is 1. The van der Waals surface area contributed by atoms with Crippen LogP contribution in [0.25, 0.3) is 11.0 Å². The fourth-order valence-electron chi connectivity index (χ4n) is 3.00. The number of benzene rings is 1. The maximum atomic E-state index is 12.9. The van der Waals surface area contributed by atoms with Crippen LogP contribution in [0.4, 0.5) is 0 Å². The van der Waals surface area contributed by atoms with Gasteiger partial charge in [0.25, 0.3) is 5.91 Å². The number of fused-ring (bicyclic) bond motifs is 1. The van der Waals surface area contributed by atoms with Gasteiger partial charge in [-0.1, -0.05) is 0 Å². The summed E-state index contributed by atoms with van der Waals surface area (Å²) < 4.78 is 1.42. The molecule has 0 atom stereocenters. The second-order valence-corrected chi connectivity index (χ2v) is 6.73. The van der Waals surface area contributed by atoms with Crippen molar-refractivity contribution < 1.29 is 4.79 Å². The SMILES string of the molecule is CCn1c(=O)c(=O)[nH]c2cc(C(=O)N(CC3CC3)C(C)C)ccc21. The predicted octanol–water partition coefficient (Wildman–Crippen LogP) is 1.97. The third-order valence-electron chi connectivity index (χ3n) is 4.57. The molecular weight excluding hydrogens is 306 g/mol. The maximum absolute atomic E-state index is 12.9. The molecule has 0 bridgehead atoms. The van der Waals surface area contributed by atoms with Crippen LogP contribution >= 0.6 is 0 Å². The monoisotopic (exact) mass is 329 g/mol. The van der Waals surface area contributed by atoms with Gasteiger partial charge in [0.2, 0.25) is 0 Å². The second-order valence-electron chi connectivity index (χ2n) is 6.73. The van der Waals surface area contributed by atoms with Crippen LogP contribution in [0.2, 0.25) is 0 Å². The number of nitrogens with zero attached hydrogens (tertiary/aromatic N) is 2. The summed E-state index contributed by atoms with van der Waals surface area (Å²) in [5.41, 5.74) is 0.461. The first kappa shape index (κ1) is 16.5. The fourth-order valence-corrected chi connectivity index (χ4v) is 3.00. The third kappa shape index (κ3) is 3.00. The van der Waals surface area contributed by atoms with Crippen LogP contribution < -0.4 is 11.1 Å². The number of H-pyrrole nitrogens is 1. The number of nitrogens with one attached hydrogen (secondary N) is 1. The lowest BCUT2D eigenvalue weighted by Crippen LogP contribution is -2.39. The van der Waals surface area contributed by atoms with Crippen LogP contribution in [-0.4, -0.2) is 32.9 Å². The second kappa shape index (κ2) is 6.26. The molecule has 128 valence electrons. The normalized spacial score (nSPS) is 14.3. The molecule has 1 aliphatic rings. The summed E-state index contributed by atoms with van der Waals surface area (Å²) >= 11 is 0. The molecule has 2 aromatic rings. The summed E-state index contributed by atoms with van der Waals surface area (Å²) in [7, 11) is 0. The molecule has 3 rings (SSSR count). The Kier molecular flexibility index (Phi) is 4.30. The Hall–Kier alpha value is -2.37. The Morgan fingerprint density at radius 2 is 2.04 bits per heavy atom. The first-order valence-electron chi connectivity index (χ1n) is 8.50. The largest absolute Gasteiger partial charge is 0.336 e. The number of hydrogen-bond donors (Lipinski definition) is 1. The summed E-state index contributed by atoms with van der Waals surface area (Å²) in [6, 6.07) is 5.26. The van der Waals surface area contributed by atoms with E-state index >= 15 is 0 Å². The molecule has 0 unspecified atom stereocenters. The Morgan fingerprint density at radius 3 is 2.62 bits per heavy atom. The van der Waals surface area contributed by atoms with Gasteiger partial charge in [-0.15, -0.1) is 0 Å². The zero-order chi connectivity index (χ0) is 17.4. The number of rotatable bonds is 5. The molecule has 0 spiro atoms. The van der Waals surface area contributed by atoms with Crippen molar-refractivity contribution in [1.82, 2.24) is 14.5 Å². The molecule has 0 aliphatic heterocycles. The van der Waals surface area contributed by atoms with Gasteiger partial charge in [-0.2, -0.15) is 0 Å². The van der Waals surface area contributed by atoms with Crippen molar-refractivity contribution in [3.8, 4) is 0 Å². The number of carbonyl (C=O) groups is 1. The van der Waals surface area contributed by atoms with Crippen LogP contribution in [0, 0.1) is 5.92 Å². The quantitative estimate of drug-likeness (QED) is 0.852. The van der Waals surface area contributed by atoms with Crippen molar-refractivity contribution in [3.63, 3.8) is 0 Å². The highest BCUT2D eigenvalue weighted by Crippen LogP contribution is 2.31. The molecule has 1 N–H and O–H groups in total. The van der Waals surface area contributed by atoms with Crippen molar-refractivity contribution in [3.05, 3.63) is 44.5 Å². The molecule has 1 heterocycles. The van der Waals surface area contributed by atoms with Crippen molar-refractivity contribution in [2.45, 2.75) is 46.2 Å². The summed E-state index contributed by atoms with van der Waals surface area (Å²) in [6.07, 6.45) is 2.37. The standard InChI is InChI=1S/C18H23N3O3/c1-4-20-15-8-7-13(9-14(15)19-16(22)18(20)24)17(23)21(11(2)3)10-12-5-6-12/h7-9,11-12H,4-6,10H2,1-3H3,(H,19,22). The van der Waals surface area contributed by atoms with Crippen molar-refractivity contribution in [1.29, 1.82) is 0 Å². The lowest BCUT2D eigenvalue weighted by Gasteiger charge is -2.27. The van der Waals surface area contributed by atoms with E-state index in [0.29, 0.717) is 29.1 Å². The van der Waals surface area contributed by atoms with Crippen LogP contribution in [0.3, 0.4) is 0 Å². The molecule has 0 saturated heterocycles. The van der Waals surface area contributed by atoms with Crippen LogP contribution in [-0.2, 0) is 6.54 Å². The van der Waals surface area contributed by atoms with Crippen LogP contribution in [0.15, 0.2) is 27.8 Å². The van der Waals surface area contributed by atoms with E-state index in [1.165, 1.54) is 17.4 Å². The smallest absolute Gasteiger partial charge is 0.316 e. The van der Waals surface area contributed by atoms with E-state index in [-0.39, 0.29) is 11.9 Å². The molecule has 6 heteroatoms. The van der Waals surface area contributed by atoms with Gasteiger partial charge in [0.15, 0.2) is 0 Å². The zero-order valence-corrected chi connectivity index (χ0v) is 14.3. The van der Waals surface area contributed by atoms with Gasteiger partial charge in [0.1, 0.15) is 0 Å². The van der Waals surface area contributed by atoms with Gasteiger partial charge in [-0.05, 0) is 57.7 Å². The van der Waals surface area contributed by atoms with E-state index in [1.807, 2.05) is 25.7 Å². The van der Waals surface area contributed by atoms with E-state index in [1.54, 1.807) is 18.2 Å². The van der Waals surface area contributed by atoms with E-state index in [9.17, 15) is 14.4 Å². The van der Waals surface area contributed by atoms with Crippen LogP contribution in [0.1, 0.15) is 44.0 Å². The van der Waals surface area contributed by atoms with E-state index in [2.05, 4.69) is 4.98 Å². The molecule has 1 aromatic carbocycles. The predicted molar refractivity (Wildman–Crippen MR) is 93.4 cm³/mol. The summed E-state index contributed by atoms with van der Waals surface area (Å²) in [5.74, 6) is 0.579. The van der Waals surface area contributed by atoms with Gasteiger partial charge in [-0.3, -0.25) is 14.4 Å². The van der Waals surface area contributed by atoms with Crippen LogP contribution in [0.5, 0.6) is 0 Å². The van der Waals surface area contributed by atoms with Gasteiger partial charge >= 0.3 is 11.1 Å². The minimum absolute atomic E-state index is 0.0334. The first-order valence-corrected chi connectivity index (χ1v) is 8.50. The lowest BCUT2D eigenvalue weighted by molar-refractivity contribution is 0.0696. The van der Waals surface area contributed by atoms with Crippen molar-refractivity contribution in [2.75, 3.05) is 6.54 Å². The highest BCUT2D eigenvalue weighted by Gasteiger charge is 2.28.